The molecule has 0 aromatic carbocycles. The van der Waals surface area contributed by atoms with Gasteiger partial charge in [0.2, 0.25) is 5.91 Å². The topological polar surface area (TPSA) is 87.9 Å². The Morgan fingerprint density at radius 1 is 1.32 bits per heavy atom. The number of carbonyl (C=O) groups is 2. The molecule has 2 heterocycles. The first-order chi connectivity index (χ1) is 9.15. The Balaban J connectivity index is 2.07. The van der Waals surface area contributed by atoms with Crippen molar-refractivity contribution in [3.8, 4) is 0 Å². The lowest BCUT2D eigenvalue weighted by Crippen LogP contribution is -2.71. The van der Waals surface area contributed by atoms with Crippen LogP contribution in [0.5, 0.6) is 0 Å². The van der Waals surface area contributed by atoms with Crippen LogP contribution >= 0.6 is 0 Å². The quantitative estimate of drug-likeness (QED) is 0.707. The van der Waals surface area contributed by atoms with Crippen LogP contribution in [0, 0.1) is 0 Å². The molecule has 3 N–H and O–H groups in total. The van der Waals surface area contributed by atoms with E-state index in [1.165, 1.54) is 11.3 Å². The highest BCUT2D eigenvalue weighted by molar-refractivity contribution is 6.00. The molecule has 0 aromatic rings. The summed E-state index contributed by atoms with van der Waals surface area (Å²) in [5, 5.41) is 2.39. The monoisotopic (exact) mass is 270 g/mol. The summed E-state index contributed by atoms with van der Waals surface area (Å²) < 4.78 is 4.97. The molecule has 19 heavy (non-hydrogen) atoms. The van der Waals surface area contributed by atoms with Gasteiger partial charge in [-0.2, -0.15) is 0 Å². The average molecular weight is 270 g/mol. The molecule has 2 aliphatic rings. The van der Waals surface area contributed by atoms with Crippen molar-refractivity contribution in [2.75, 3.05) is 33.4 Å². The number of hydrogen-bond donors (Lipinski definition) is 2. The van der Waals surface area contributed by atoms with Crippen molar-refractivity contribution in [2.45, 2.75) is 31.5 Å². The standard InChI is InChI=1S/C12H22N4O3/c1-19-8-7-16-10(13)9(11(17)14-12(16)18)15-5-3-2-4-6-15/h9-10H,2-8,13H2,1H3,(H,14,17,18). The molecule has 2 rings (SSSR count). The molecule has 0 saturated carbocycles. The van der Waals surface area contributed by atoms with E-state index in [9.17, 15) is 9.59 Å². The lowest BCUT2D eigenvalue weighted by Gasteiger charge is -2.43. The fourth-order valence-corrected chi connectivity index (χ4v) is 2.73. The number of likely N-dealkylation sites (tertiary alicyclic amines) is 1. The molecule has 0 aliphatic carbocycles. The molecule has 0 bridgehead atoms. The summed E-state index contributed by atoms with van der Waals surface area (Å²) >= 11 is 0. The van der Waals surface area contributed by atoms with Crippen LogP contribution in [-0.4, -0.2) is 67.3 Å². The molecule has 7 heteroatoms. The minimum Gasteiger partial charge on any atom is -0.383 e. The van der Waals surface area contributed by atoms with Gasteiger partial charge in [-0.05, 0) is 25.9 Å². The van der Waals surface area contributed by atoms with Gasteiger partial charge in [-0.3, -0.25) is 15.0 Å². The Morgan fingerprint density at radius 2 is 2.00 bits per heavy atom. The maximum Gasteiger partial charge on any atom is 0.325 e. The van der Waals surface area contributed by atoms with E-state index in [2.05, 4.69) is 10.2 Å². The van der Waals surface area contributed by atoms with Gasteiger partial charge < -0.3 is 15.4 Å². The predicted octanol–water partition coefficient (Wildman–Crippen LogP) is -0.676. The molecule has 7 nitrogen and oxygen atoms in total. The third-order valence-electron chi connectivity index (χ3n) is 3.76. The van der Waals surface area contributed by atoms with Crippen molar-refractivity contribution in [2.24, 2.45) is 5.73 Å². The summed E-state index contributed by atoms with van der Waals surface area (Å²) in [5.74, 6) is -0.284. The summed E-state index contributed by atoms with van der Waals surface area (Å²) in [4.78, 5) is 27.4. The molecular formula is C12H22N4O3. The van der Waals surface area contributed by atoms with Crippen LogP contribution in [0.4, 0.5) is 4.79 Å². The number of nitrogens with one attached hydrogen (secondary N) is 1. The van der Waals surface area contributed by atoms with E-state index in [0.717, 1.165) is 25.9 Å². The summed E-state index contributed by atoms with van der Waals surface area (Å²) in [6, 6.07) is -0.877. The highest BCUT2D eigenvalue weighted by atomic mass is 16.5. The van der Waals surface area contributed by atoms with Crippen molar-refractivity contribution < 1.29 is 14.3 Å². The van der Waals surface area contributed by atoms with E-state index in [4.69, 9.17) is 10.5 Å². The SMILES string of the molecule is COCCN1C(=O)NC(=O)C(N2CCCCC2)C1N. The van der Waals surface area contributed by atoms with Gasteiger partial charge in [0.05, 0.1) is 6.61 Å². The number of amides is 3. The Morgan fingerprint density at radius 3 is 2.63 bits per heavy atom. The molecule has 108 valence electrons. The first kappa shape index (κ1) is 14.2. The van der Waals surface area contributed by atoms with Crippen LogP contribution in [0.3, 0.4) is 0 Å². The largest absolute Gasteiger partial charge is 0.383 e. The lowest BCUT2D eigenvalue weighted by molar-refractivity contribution is -0.130. The van der Waals surface area contributed by atoms with Crippen LogP contribution in [0.2, 0.25) is 0 Å². The minimum absolute atomic E-state index is 0.284. The molecular weight excluding hydrogens is 248 g/mol. The summed E-state index contributed by atoms with van der Waals surface area (Å²) in [6.07, 6.45) is 2.73. The third kappa shape index (κ3) is 3.05. The summed E-state index contributed by atoms with van der Waals surface area (Å²) in [6.45, 7) is 2.51. The van der Waals surface area contributed by atoms with Gasteiger partial charge in [-0.1, -0.05) is 6.42 Å². The Hall–Kier alpha value is -1.18. The highest BCUT2D eigenvalue weighted by Crippen LogP contribution is 2.18. The molecule has 0 aromatic heterocycles. The smallest absolute Gasteiger partial charge is 0.325 e. The van der Waals surface area contributed by atoms with Crippen molar-refractivity contribution in [3.63, 3.8) is 0 Å². The second-order valence-corrected chi connectivity index (χ2v) is 5.01. The molecule has 0 radical (unpaired) electrons. The van der Waals surface area contributed by atoms with Crippen molar-refractivity contribution in [1.29, 1.82) is 0 Å². The van der Waals surface area contributed by atoms with Crippen LogP contribution < -0.4 is 11.1 Å². The number of piperidine rings is 1. The second-order valence-electron chi connectivity index (χ2n) is 5.01. The zero-order valence-corrected chi connectivity index (χ0v) is 11.3. The van der Waals surface area contributed by atoms with E-state index in [0.29, 0.717) is 13.2 Å². The van der Waals surface area contributed by atoms with E-state index in [1.54, 1.807) is 7.11 Å². The van der Waals surface area contributed by atoms with Gasteiger partial charge in [0, 0.05) is 13.7 Å². The predicted molar refractivity (Wildman–Crippen MR) is 69.3 cm³/mol. The van der Waals surface area contributed by atoms with Gasteiger partial charge in [0.15, 0.2) is 0 Å². The summed E-state index contributed by atoms with van der Waals surface area (Å²) in [5.41, 5.74) is 6.12. The van der Waals surface area contributed by atoms with E-state index in [1.807, 2.05) is 0 Å². The number of imide groups is 1. The van der Waals surface area contributed by atoms with Gasteiger partial charge in [0.25, 0.3) is 0 Å². The van der Waals surface area contributed by atoms with E-state index >= 15 is 0 Å². The number of ether oxygens (including phenoxy) is 1. The van der Waals surface area contributed by atoms with Gasteiger partial charge in [0.1, 0.15) is 12.2 Å². The Bertz CT molecular complexity index is 344. The molecule has 2 fully saturated rings. The maximum atomic E-state index is 12.0. The third-order valence-corrected chi connectivity index (χ3v) is 3.76. The van der Waals surface area contributed by atoms with Gasteiger partial charge in [-0.15, -0.1) is 0 Å². The first-order valence-electron chi connectivity index (χ1n) is 6.75. The number of carbonyl (C=O) groups excluding carboxylic acids is 2. The van der Waals surface area contributed by atoms with Crippen LogP contribution in [0.15, 0.2) is 0 Å². The number of urea groups is 1. The van der Waals surface area contributed by atoms with Crippen LogP contribution in [0.25, 0.3) is 0 Å². The fourth-order valence-electron chi connectivity index (χ4n) is 2.73. The highest BCUT2D eigenvalue weighted by Gasteiger charge is 2.42. The zero-order valence-electron chi connectivity index (χ0n) is 11.3. The first-order valence-corrected chi connectivity index (χ1v) is 6.75. The average Bonchev–Trinajstić information content (AvgIpc) is 2.39. The van der Waals surface area contributed by atoms with E-state index < -0.39 is 18.2 Å². The normalized spacial score (nSPS) is 29.5. The fraction of sp³-hybridized carbons (Fsp3) is 0.833. The molecule has 2 atom stereocenters. The van der Waals surface area contributed by atoms with Crippen LogP contribution in [0.1, 0.15) is 19.3 Å². The van der Waals surface area contributed by atoms with E-state index in [-0.39, 0.29) is 5.91 Å². The van der Waals surface area contributed by atoms with Crippen molar-refractivity contribution in [3.05, 3.63) is 0 Å². The number of rotatable bonds is 4. The van der Waals surface area contributed by atoms with Crippen LogP contribution in [-0.2, 0) is 9.53 Å². The zero-order chi connectivity index (χ0) is 13.8. The molecule has 2 aliphatic heterocycles. The minimum atomic E-state index is -0.602. The number of methoxy groups -OCH3 is 1. The molecule has 3 amide bonds. The molecule has 2 saturated heterocycles. The number of nitrogens with zero attached hydrogens (tertiary/aromatic N) is 2. The second kappa shape index (κ2) is 6.31. The van der Waals surface area contributed by atoms with Crippen molar-refractivity contribution >= 4 is 11.9 Å². The Labute approximate surface area is 113 Å². The molecule has 2 unspecified atom stereocenters. The van der Waals surface area contributed by atoms with Gasteiger partial charge >= 0.3 is 6.03 Å². The molecule has 0 spiro atoms. The van der Waals surface area contributed by atoms with Gasteiger partial charge in [-0.25, -0.2) is 4.79 Å². The number of hydrogen-bond acceptors (Lipinski definition) is 5. The lowest BCUT2D eigenvalue weighted by atomic mass is 10.0. The maximum absolute atomic E-state index is 12.0. The number of nitrogens with two attached hydrogens (primary N) is 1. The summed E-state index contributed by atoms with van der Waals surface area (Å²) in [7, 11) is 1.57. The van der Waals surface area contributed by atoms with Crippen molar-refractivity contribution in [1.82, 2.24) is 15.1 Å². The Kier molecular flexibility index (Phi) is 4.73.